The van der Waals surface area contributed by atoms with Crippen molar-refractivity contribution in [2.24, 2.45) is 11.7 Å². The highest BCUT2D eigenvalue weighted by molar-refractivity contribution is 5.85. The molecule has 0 radical (unpaired) electrons. The summed E-state index contributed by atoms with van der Waals surface area (Å²) in [5.74, 6) is 0.155. The van der Waals surface area contributed by atoms with Crippen LogP contribution in [0, 0.1) is 5.92 Å². The van der Waals surface area contributed by atoms with Gasteiger partial charge in [-0.1, -0.05) is 12.5 Å². The van der Waals surface area contributed by atoms with Crippen LogP contribution in [0.15, 0.2) is 18.2 Å². The van der Waals surface area contributed by atoms with Crippen LogP contribution in [0.2, 0.25) is 0 Å². The van der Waals surface area contributed by atoms with E-state index in [0.717, 1.165) is 24.8 Å². The molecule has 0 spiro atoms. The minimum Gasteiger partial charge on any atom is -0.490 e. The first-order chi connectivity index (χ1) is 11.5. The molecule has 0 aromatic heterocycles. The highest BCUT2D eigenvalue weighted by Gasteiger charge is 2.25. The fourth-order valence-corrected chi connectivity index (χ4v) is 2.92. The average molecular weight is 379 g/mol. The van der Waals surface area contributed by atoms with Crippen molar-refractivity contribution in [3.8, 4) is 11.5 Å². The first-order valence-electron chi connectivity index (χ1n) is 8.23. The van der Waals surface area contributed by atoms with Gasteiger partial charge in [-0.3, -0.25) is 4.79 Å². The number of amides is 1. The first-order valence-corrected chi connectivity index (χ1v) is 8.23. The summed E-state index contributed by atoms with van der Waals surface area (Å²) in [4.78, 5) is 12.2. The molecule has 1 amide bonds. The predicted molar refractivity (Wildman–Crippen MR) is 93.3 cm³/mol. The lowest BCUT2D eigenvalue weighted by Gasteiger charge is -2.25. The van der Waals surface area contributed by atoms with Crippen molar-refractivity contribution in [3.63, 3.8) is 0 Å². The third-order valence-electron chi connectivity index (χ3n) is 4.08. The molecular weight excluding hydrogens is 354 g/mol. The van der Waals surface area contributed by atoms with Gasteiger partial charge in [-0.25, -0.2) is 0 Å². The lowest BCUT2D eigenvalue weighted by molar-refractivity contribution is -0.126. The molecule has 142 valence electrons. The number of halogens is 3. The molecule has 0 heterocycles. The van der Waals surface area contributed by atoms with E-state index in [4.69, 9.17) is 10.5 Å². The monoisotopic (exact) mass is 378 g/mol. The SMILES string of the molecule is CCOc1cc(CNC(=O)C2CCCC(N)C2)ccc1OC(F)F.Cl. The van der Waals surface area contributed by atoms with Gasteiger partial charge in [0, 0.05) is 18.5 Å². The number of hydrogen-bond acceptors (Lipinski definition) is 4. The van der Waals surface area contributed by atoms with Crippen molar-refractivity contribution < 1.29 is 23.0 Å². The van der Waals surface area contributed by atoms with E-state index in [1.807, 2.05) is 0 Å². The Morgan fingerprint density at radius 2 is 2.12 bits per heavy atom. The number of carbonyl (C=O) groups is 1. The van der Waals surface area contributed by atoms with E-state index in [2.05, 4.69) is 10.1 Å². The maximum absolute atomic E-state index is 12.4. The summed E-state index contributed by atoms with van der Waals surface area (Å²) < 4.78 is 34.5. The molecule has 1 aromatic carbocycles. The fourth-order valence-electron chi connectivity index (χ4n) is 2.92. The van der Waals surface area contributed by atoms with Gasteiger partial charge in [0.1, 0.15) is 0 Å². The molecule has 1 aromatic rings. The van der Waals surface area contributed by atoms with Crippen molar-refractivity contribution in [1.82, 2.24) is 5.32 Å². The van der Waals surface area contributed by atoms with Gasteiger partial charge in [0.25, 0.3) is 0 Å². The van der Waals surface area contributed by atoms with E-state index in [9.17, 15) is 13.6 Å². The number of carbonyl (C=O) groups excluding carboxylic acids is 1. The molecule has 2 rings (SSSR count). The van der Waals surface area contributed by atoms with E-state index >= 15 is 0 Å². The number of nitrogens with two attached hydrogens (primary N) is 1. The molecule has 1 aliphatic rings. The zero-order valence-electron chi connectivity index (χ0n) is 14.2. The molecule has 3 N–H and O–H groups in total. The molecular formula is C17H25ClF2N2O3. The van der Waals surface area contributed by atoms with E-state index in [1.165, 1.54) is 6.07 Å². The van der Waals surface area contributed by atoms with Crippen LogP contribution in [0.3, 0.4) is 0 Å². The number of ether oxygens (including phenoxy) is 2. The normalized spacial score (nSPS) is 19.9. The second-order valence-corrected chi connectivity index (χ2v) is 5.93. The minimum atomic E-state index is -2.91. The molecule has 0 bridgehead atoms. The van der Waals surface area contributed by atoms with E-state index in [-0.39, 0.29) is 41.8 Å². The van der Waals surface area contributed by atoms with Crippen molar-refractivity contribution in [2.75, 3.05) is 6.61 Å². The summed E-state index contributed by atoms with van der Waals surface area (Å²) in [5.41, 5.74) is 6.67. The van der Waals surface area contributed by atoms with Gasteiger partial charge in [-0.15, -0.1) is 12.4 Å². The van der Waals surface area contributed by atoms with Gasteiger partial charge in [0.05, 0.1) is 6.61 Å². The maximum atomic E-state index is 12.4. The quantitative estimate of drug-likeness (QED) is 0.763. The highest BCUT2D eigenvalue weighted by atomic mass is 35.5. The first kappa shape index (κ1) is 21.4. The van der Waals surface area contributed by atoms with Gasteiger partial charge in [-0.2, -0.15) is 8.78 Å². The fraction of sp³-hybridized carbons (Fsp3) is 0.588. The minimum absolute atomic E-state index is 0. The molecule has 1 aliphatic carbocycles. The van der Waals surface area contributed by atoms with E-state index in [0.29, 0.717) is 19.6 Å². The zero-order valence-corrected chi connectivity index (χ0v) is 15.0. The summed E-state index contributed by atoms with van der Waals surface area (Å²) in [6.07, 6.45) is 3.49. The van der Waals surface area contributed by atoms with E-state index in [1.54, 1.807) is 19.1 Å². The second kappa shape index (κ2) is 10.4. The van der Waals surface area contributed by atoms with Gasteiger partial charge in [-0.05, 0) is 43.9 Å². The summed E-state index contributed by atoms with van der Waals surface area (Å²) in [6.45, 7) is -0.521. The Hall–Kier alpha value is -1.60. The largest absolute Gasteiger partial charge is 0.490 e. The summed E-state index contributed by atoms with van der Waals surface area (Å²) in [6, 6.07) is 4.75. The highest BCUT2D eigenvalue weighted by Crippen LogP contribution is 2.30. The standard InChI is InChI=1S/C17H24F2N2O3.ClH/c1-2-23-15-8-11(6-7-14(15)24-17(18)19)10-21-16(22)12-4-3-5-13(20)9-12;/h6-8,12-13,17H,2-5,9-10,20H2,1H3,(H,21,22);1H. The van der Waals surface area contributed by atoms with Crippen LogP contribution in [-0.2, 0) is 11.3 Å². The molecule has 0 aliphatic heterocycles. The number of rotatable bonds is 7. The number of benzene rings is 1. The second-order valence-electron chi connectivity index (χ2n) is 5.93. The van der Waals surface area contributed by atoms with Crippen LogP contribution >= 0.6 is 12.4 Å². The lowest BCUT2D eigenvalue weighted by atomic mass is 9.85. The molecule has 25 heavy (non-hydrogen) atoms. The van der Waals surface area contributed by atoms with Gasteiger partial charge < -0.3 is 20.5 Å². The Balaban J connectivity index is 0.00000312. The Morgan fingerprint density at radius 3 is 2.76 bits per heavy atom. The summed E-state index contributed by atoms with van der Waals surface area (Å²) in [7, 11) is 0. The average Bonchev–Trinajstić information content (AvgIpc) is 2.54. The Bertz CT molecular complexity index is 561. The smallest absolute Gasteiger partial charge is 0.387 e. The summed E-state index contributed by atoms with van der Waals surface area (Å²) in [5, 5.41) is 2.88. The number of nitrogens with one attached hydrogen (secondary N) is 1. The molecule has 2 atom stereocenters. The van der Waals surface area contributed by atoms with Crippen molar-refractivity contribution in [2.45, 2.75) is 51.8 Å². The van der Waals surface area contributed by atoms with Gasteiger partial charge in [0.15, 0.2) is 11.5 Å². The van der Waals surface area contributed by atoms with Crippen LogP contribution in [0.4, 0.5) is 8.78 Å². The Labute approximate surface area is 152 Å². The van der Waals surface area contributed by atoms with Gasteiger partial charge in [0.2, 0.25) is 5.91 Å². The van der Waals surface area contributed by atoms with Crippen LogP contribution in [0.25, 0.3) is 0 Å². The number of alkyl halides is 2. The third-order valence-corrected chi connectivity index (χ3v) is 4.08. The Kier molecular flexibility index (Phi) is 8.92. The van der Waals surface area contributed by atoms with Crippen LogP contribution in [0.5, 0.6) is 11.5 Å². The lowest BCUT2D eigenvalue weighted by Crippen LogP contribution is -2.37. The zero-order chi connectivity index (χ0) is 17.5. The Morgan fingerprint density at radius 1 is 1.36 bits per heavy atom. The van der Waals surface area contributed by atoms with Crippen molar-refractivity contribution >= 4 is 18.3 Å². The molecule has 0 saturated heterocycles. The van der Waals surface area contributed by atoms with Crippen molar-refractivity contribution in [3.05, 3.63) is 23.8 Å². The number of hydrogen-bond donors (Lipinski definition) is 2. The predicted octanol–water partition coefficient (Wildman–Crippen LogP) is 3.24. The third kappa shape index (κ3) is 6.66. The molecule has 8 heteroatoms. The van der Waals surface area contributed by atoms with E-state index < -0.39 is 6.61 Å². The van der Waals surface area contributed by atoms with Crippen LogP contribution in [0.1, 0.15) is 38.2 Å². The molecule has 2 unspecified atom stereocenters. The van der Waals surface area contributed by atoms with Crippen molar-refractivity contribution in [1.29, 1.82) is 0 Å². The maximum Gasteiger partial charge on any atom is 0.387 e. The van der Waals surface area contributed by atoms with Crippen LogP contribution < -0.4 is 20.5 Å². The van der Waals surface area contributed by atoms with Gasteiger partial charge >= 0.3 is 6.61 Å². The van der Waals surface area contributed by atoms with Crippen LogP contribution in [-0.4, -0.2) is 25.2 Å². The molecule has 5 nitrogen and oxygen atoms in total. The molecule has 1 saturated carbocycles. The molecule has 1 fully saturated rings. The summed E-state index contributed by atoms with van der Waals surface area (Å²) >= 11 is 0. The topological polar surface area (TPSA) is 73.6 Å².